The number of halogens is 2. The van der Waals surface area contributed by atoms with E-state index in [2.05, 4.69) is 20.7 Å². The van der Waals surface area contributed by atoms with Gasteiger partial charge in [-0.15, -0.1) is 0 Å². The summed E-state index contributed by atoms with van der Waals surface area (Å²) < 4.78 is 39.7. The highest BCUT2D eigenvalue weighted by atomic mass is 19.1. The minimum atomic E-state index is -0.763. The summed E-state index contributed by atoms with van der Waals surface area (Å²) in [7, 11) is 3.20. The Kier molecular flexibility index (Phi) is 9.69. The smallest absolute Gasteiger partial charge is 0.406 e. The van der Waals surface area contributed by atoms with Crippen molar-refractivity contribution in [2.24, 2.45) is 29.1 Å². The van der Waals surface area contributed by atoms with Gasteiger partial charge in [0.05, 0.1) is 19.8 Å². The highest BCUT2D eigenvalue weighted by molar-refractivity contribution is 5.74. The van der Waals surface area contributed by atoms with E-state index in [1.54, 1.807) is 4.90 Å². The average molecular weight is 577 g/mol. The van der Waals surface area contributed by atoms with Crippen LogP contribution in [-0.2, 0) is 9.47 Å². The normalized spacial score (nSPS) is 30.1. The number of urea groups is 1. The molecule has 3 N–H and O–H groups in total. The molecule has 3 atom stereocenters. The second-order valence-corrected chi connectivity index (χ2v) is 13.0. The summed E-state index contributed by atoms with van der Waals surface area (Å²) in [6.45, 7) is 1.95. The highest BCUT2D eigenvalue weighted by Crippen LogP contribution is 2.61. The van der Waals surface area contributed by atoms with Crippen LogP contribution in [0.4, 0.5) is 18.4 Å². The van der Waals surface area contributed by atoms with Crippen molar-refractivity contribution in [3.05, 3.63) is 35.4 Å². The van der Waals surface area contributed by atoms with Gasteiger partial charge < -0.3 is 30.3 Å². The fraction of sp³-hybridized carbons (Fsp3) is 0.742. The van der Waals surface area contributed by atoms with Gasteiger partial charge in [-0.25, -0.2) is 18.4 Å². The van der Waals surface area contributed by atoms with Crippen LogP contribution in [0.3, 0.4) is 0 Å². The monoisotopic (exact) mass is 576 g/mol. The van der Waals surface area contributed by atoms with Crippen LogP contribution in [0.1, 0.15) is 69.5 Å². The Balaban J connectivity index is 1.24. The van der Waals surface area contributed by atoms with Crippen molar-refractivity contribution in [2.45, 2.75) is 69.9 Å². The third kappa shape index (κ3) is 7.31. The minimum Gasteiger partial charge on any atom is -0.453 e. The van der Waals surface area contributed by atoms with Crippen molar-refractivity contribution in [1.82, 2.24) is 20.9 Å². The number of nitrogens with one attached hydrogen (secondary N) is 3. The average Bonchev–Trinajstić information content (AvgIpc) is 2.93. The van der Waals surface area contributed by atoms with E-state index in [1.165, 1.54) is 51.7 Å². The molecule has 1 aromatic rings. The number of likely N-dealkylation sites (tertiary alicyclic amines) is 1. The Labute approximate surface area is 242 Å². The van der Waals surface area contributed by atoms with Crippen molar-refractivity contribution in [3.63, 3.8) is 0 Å². The Bertz CT molecular complexity index is 1040. The zero-order valence-corrected chi connectivity index (χ0v) is 24.4. The second-order valence-electron chi connectivity index (χ2n) is 13.0. The van der Waals surface area contributed by atoms with Crippen molar-refractivity contribution in [1.29, 1.82) is 0 Å². The fourth-order valence-corrected chi connectivity index (χ4v) is 8.81. The summed E-state index contributed by atoms with van der Waals surface area (Å²) in [5, 5.41) is 9.18. The molecule has 1 saturated heterocycles. The predicted molar refractivity (Wildman–Crippen MR) is 151 cm³/mol. The number of alkyl carbamates (subject to hydrolysis) is 1. The van der Waals surface area contributed by atoms with Crippen LogP contribution in [0.5, 0.6) is 0 Å². The molecule has 0 radical (unpaired) electrons. The molecule has 5 aliphatic rings. The van der Waals surface area contributed by atoms with Gasteiger partial charge in [0, 0.05) is 43.7 Å². The van der Waals surface area contributed by atoms with Gasteiger partial charge in [-0.05, 0) is 106 Å². The highest BCUT2D eigenvalue weighted by Gasteiger charge is 2.51. The van der Waals surface area contributed by atoms with E-state index in [1.807, 2.05) is 7.05 Å². The molecule has 4 bridgehead atoms. The number of benzene rings is 1. The van der Waals surface area contributed by atoms with Crippen LogP contribution in [0, 0.1) is 40.7 Å². The number of amides is 3. The predicted octanol–water partition coefficient (Wildman–Crippen LogP) is 4.99. The molecule has 3 amide bonds. The Morgan fingerprint density at radius 2 is 1.83 bits per heavy atom. The van der Waals surface area contributed by atoms with Crippen molar-refractivity contribution in [2.75, 3.05) is 46.9 Å². The molecule has 4 saturated carbocycles. The molecule has 228 valence electrons. The first-order valence-electron chi connectivity index (χ1n) is 15.4. The van der Waals surface area contributed by atoms with E-state index in [9.17, 15) is 18.4 Å². The third-order valence-electron chi connectivity index (χ3n) is 9.91. The van der Waals surface area contributed by atoms with Crippen LogP contribution in [0.2, 0.25) is 0 Å². The van der Waals surface area contributed by atoms with E-state index >= 15 is 0 Å². The molecule has 6 rings (SSSR count). The summed E-state index contributed by atoms with van der Waals surface area (Å²) in [4.78, 5) is 26.8. The lowest BCUT2D eigenvalue weighted by Crippen LogP contribution is -2.54. The SMILES string of the molecule is CNCC(CC12CC3CC(CC(C3)C1)C2)NC(=O)N1CCCC(C(OCCNC(=O)OC)c2cc(F)ccc2F)C1. The molecule has 5 fully saturated rings. The molecule has 0 spiro atoms. The number of hydrogen-bond acceptors (Lipinski definition) is 5. The molecule has 10 heteroatoms. The molecule has 1 aliphatic heterocycles. The number of rotatable bonds is 11. The van der Waals surface area contributed by atoms with E-state index < -0.39 is 23.8 Å². The quantitative estimate of drug-likeness (QED) is 0.323. The molecular formula is C31H46F2N4O4. The number of ether oxygens (including phenoxy) is 2. The van der Waals surface area contributed by atoms with E-state index in [0.29, 0.717) is 24.9 Å². The van der Waals surface area contributed by atoms with Gasteiger partial charge in [-0.2, -0.15) is 0 Å². The zero-order chi connectivity index (χ0) is 29.0. The maximum Gasteiger partial charge on any atom is 0.406 e. The van der Waals surface area contributed by atoms with Crippen LogP contribution in [-0.4, -0.2) is 70.0 Å². The van der Waals surface area contributed by atoms with Gasteiger partial charge in [0.1, 0.15) is 11.6 Å². The third-order valence-corrected chi connectivity index (χ3v) is 9.91. The molecule has 3 unspecified atom stereocenters. The van der Waals surface area contributed by atoms with Crippen molar-refractivity contribution < 1.29 is 27.8 Å². The van der Waals surface area contributed by atoms with Gasteiger partial charge in [0.2, 0.25) is 0 Å². The zero-order valence-electron chi connectivity index (χ0n) is 24.4. The Morgan fingerprint density at radius 1 is 1.12 bits per heavy atom. The fourth-order valence-electron chi connectivity index (χ4n) is 8.81. The van der Waals surface area contributed by atoms with Gasteiger partial charge in [0.15, 0.2) is 0 Å². The summed E-state index contributed by atoms with van der Waals surface area (Å²) in [5.41, 5.74) is 0.477. The van der Waals surface area contributed by atoms with Crippen LogP contribution in [0.15, 0.2) is 18.2 Å². The van der Waals surface area contributed by atoms with Gasteiger partial charge in [-0.3, -0.25) is 0 Å². The lowest BCUT2D eigenvalue weighted by atomic mass is 9.48. The molecule has 8 nitrogen and oxygen atoms in total. The van der Waals surface area contributed by atoms with Crippen LogP contribution in [0.25, 0.3) is 0 Å². The molecule has 0 aromatic heterocycles. The van der Waals surface area contributed by atoms with Crippen LogP contribution < -0.4 is 16.0 Å². The molecule has 41 heavy (non-hydrogen) atoms. The Hall–Kier alpha value is -2.46. The molecule has 1 aromatic carbocycles. The summed E-state index contributed by atoms with van der Waals surface area (Å²) in [6, 6.07) is 3.29. The summed E-state index contributed by atoms with van der Waals surface area (Å²) >= 11 is 0. The first-order chi connectivity index (χ1) is 19.8. The Morgan fingerprint density at radius 3 is 2.49 bits per heavy atom. The van der Waals surface area contributed by atoms with Gasteiger partial charge in [0.25, 0.3) is 0 Å². The number of nitrogens with zero attached hydrogens (tertiary/aromatic N) is 1. The number of carbonyl (C=O) groups excluding carboxylic acids is 2. The number of piperidine rings is 1. The van der Waals surface area contributed by atoms with Gasteiger partial charge >= 0.3 is 12.1 Å². The van der Waals surface area contributed by atoms with E-state index in [4.69, 9.17) is 4.74 Å². The van der Waals surface area contributed by atoms with Crippen LogP contribution >= 0.6 is 0 Å². The summed E-state index contributed by atoms with van der Waals surface area (Å²) in [5.74, 6) is 1.25. The number of methoxy groups -OCH3 is 1. The standard InChI is InChI=1S/C31H46F2N4O4/c1-34-18-25(17-31-14-20-10-21(15-31)12-22(11-20)16-31)36-29(38)37-8-3-4-23(19-37)28(41-9-7-35-30(39)40-2)26-13-24(32)5-6-27(26)33/h5-6,13,20-23,25,28,34H,3-4,7-12,14-19H2,1-2H3,(H,35,39)(H,36,38). The van der Waals surface area contributed by atoms with E-state index in [-0.39, 0.29) is 36.7 Å². The lowest BCUT2D eigenvalue weighted by Gasteiger charge is -2.57. The maximum atomic E-state index is 14.9. The first kappa shape index (κ1) is 30.0. The lowest BCUT2D eigenvalue weighted by molar-refractivity contribution is -0.0615. The molecule has 4 aliphatic carbocycles. The number of likely N-dealkylation sites (N-methyl/N-ethyl adjacent to an activating group) is 1. The number of carbonyl (C=O) groups is 2. The summed E-state index contributed by atoms with van der Waals surface area (Å²) in [6.07, 6.45) is 9.17. The van der Waals surface area contributed by atoms with Crippen molar-refractivity contribution in [3.8, 4) is 0 Å². The molecular weight excluding hydrogens is 530 g/mol. The van der Waals surface area contributed by atoms with Gasteiger partial charge in [-0.1, -0.05) is 0 Å². The first-order valence-corrected chi connectivity index (χ1v) is 15.4. The largest absolute Gasteiger partial charge is 0.453 e. The van der Waals surface area contributed by atoms with Crippen molar-refractivity contribution >= 4 is 12.1 Å². The second kappa shape index (κ2) is 13.2. The molecule has 1 heterocycles. The number of hydrogen-bond donors (Lipinski definition) is 3. The maximum absolute atomic E-state index is 14.9. The van der Waals surface area contributed by atoms with E-state index in [0.717, 1.165) is 49.3 Å². The minimum absolute atomic E-state index is 0.0428. The topological polar surface area (TPSA) is 91.9 Å².